The number of esters is 4. The molecule has 0 aliphatic carbocycles. The third-order valence-electron chi connectivity index (χ3n) is 3.65. The molecule has 0 amide bonds. The third-order valence-corrected chi connectivity index (χ3v) is 4.76. The molecule has 2 atom stereocenters. The molecule has 0 aliphatic rings. The Morgan fingerprint density at radius 1 is 0.677 bits per heavy atom. The van der Waals surface area contributed by atoms with Gasteiger partial charge in [0, 0.05) is 13.2 Å². The summed E-state index contributed by atoms with van der Waals surface area (Å²) in [4.78, 5) is 49.3. The van der Waals surface area contributed by atoms with Crippen molar-refractivity contribution in [3.05, 3.63) is 9.75 Å². The molecule has 0 radical (unpaired) electrons. The highest BCUT2D eigenvalue weighted by Crippen LogP contribution is 2.44. The lowest BCUT2D eigenvalue weighted by Gasteiger charge is -2.15. The van der Waals surface area contributed by atoms with Gasteiger partial charge in [-0.3, -0.25) is 0 Å². The second-order valence-electron chi connectivity index (χ2n) is 5.90. The van der Waals surface area contributed by atoms with Crippen LogP contribution in [0.25, 0.3) is 0 Å². The summed E-state index contributed by atoms with van der Waals surface area (Å²) in [5, 5.41) is 0. The van der Waals surface area contributed by atoms with E-state index in [0.29, 0.717) is 11.3 Å². The Kier molecular flexibility index (Phi) is 11.2. The molecule has 0 bridgehead atoms. The van der Waals surface area contributed by atoms with Crippen LogP contribution in [-0.2, 0) is 28.5 Å². The Labute approximate surface area is 184 Å². The summed E-state index contributed by atoms with van der Waals surface area (Å²) in [6, 6.07) is 0. The van der Waals surface area contributed by atoms with Crippen molar-refractivity contribution < 1.29 is 47.6 Å². The topological polar surface area (TPSA) is 124 Å². The van der Waals surface area contributed by atoms with Crippen LogP contribution in [0.1, 0.15) is 60.9 Å². The second-order valence-corrected chi connectivity index (χ2v) is 6.92. The highest BCUT2D eigenvalue weighted by atomic mass is 32.1. The average molecular weight is 461 g/mol. The molecular formula is C20H28O10S. The Hall–Kier alpha value is -2.50. The van der Waals surface area contributed by atoms with Gasteiger partial charge in [-0.15, -0.1) is 11.3 Å². The van der Waals surface area contributed by atoms with Gasteiger partial charge in [0.25, 0.3) is 0 Å². The molecule has 0 saturated heterocycles. The van der Waals surface area contributed by atoms with Crippen LogP contribution < -0.4 is 9.47 Å². The third kappa shape index (κ3) is 7.30. The van der Waals surface area contributed by atoms with Crippen molar-refractivity contribution in [2.75, 3.05) is 26.4 Å². The van der Waals surface area contributed by atoms with Gasteiger partial charge in [-0.25, -0.2) is 19.2 Å². The van der Waals surface area contributed by atoms with E-state index in [1.165, 1.54) is 13.8 Å². The maximum Gasteiger partial charge on any atom is 0.352 e. The molecule has 0 aromatic carbocycles. The molecule has 11 heteroatoms. The fraction of sp³-hybridized carbons (Fsp3) is 0.600. The van der Waals surface area contributed by atoms with E-state index in [0.717, 1.165) is 0 Å². The van der Waals surface area contributed by atoms with Gasteiger partial charge < -0.3 is 28.4 Å². The lowest BCUT2D eigenvalue weighted by Crippen LogP contribution is -2.28. The molecule has 2 unspecified atom stereocenters. The van der Waals surface area contributed by atoms with Gasteiger partial charge in [0.15, 0.2) is 33.5 Å². The summed E-state index contributed by atoms with van der Waals surface area (Å²) in [6.45, 7) is 10.0. The van der Waals surface area contributed by atoms with E-state index in [4.69, 9.17) is 28.4 Å². The fourth-order valence-corrected chi connectivity index (χ4v) is 3.19. The van der Waals surface area contributed by atoms with E-state index in [1.54, 1.807) is 27.7 Å². The van der Waals surface area contributed by atoms with Gasteiger partial charge >= 0.3 is 23.9 Å². The van der Waals surface area contributed by atoms with Crippen LogP contribution in [0.5, 0.6) is 11.5 Å². The average Bonchev–Trinajstić information content (AvgIpc) is 3.06. The fourth-order valence-electron chi connectivity index (χ4n) is 2.25. The molecule has 0 saturated carbocycles. The highest BCUT2D eigenvalue weighted by molar-refractivity contribution is 7.16. The van der Waals surface area contributed by atoms with Crippen molar-refractivity contribution in [3.63, 3.8) is 0 Å². The summed E-state index contributed by atoms with van der Waals surface area (Å²) in [5.41, 5.74) is 0. The molecule has 10 nitrogen and oxygen atoms in total. The van der Waals surface area contributed by atoms with Gasteiger partial charge in [-0.05, 0) is 41.5 Å². The SMILES string of the molecule is CCOC(=O)c1sc(C(=O)OCC)c(OC(=O)C(C)OCC)c1OC(=O)C(C)OCC. The quantitative estimate of drug-likeness (QED) is 0.430. The van der Waals surface area contributed by atoms with Crippen LogP contribution in [0.4, 0.5) is 0 Å². The van der Waals surface area contributed by atoms with E-state index < -0.39 is 47.6 Å². The number of thiophene rings is 1. The smallest absolute Gasteiger partial charge is 0.352 e. The number of carbonyl (C=O) groups is 4. The van der Waals surface area contributed by atoms with E-state index in [9.17, 15) is 19.2 Å². The van der Waals surface area contributed by atoms with Crippen molar-refractivity contribution in [2.24, 2.45) is 0 Å². The van der Waals surface area contributed by atoms with Crippen LogP contribution in [0, 0.1) is 0 Å². The molecule has 1 rings (SSSR count). The molecule has 174 valence electrons. The zero-order valence-corrected chi connectivity index (χ0v) is 19.3. The monoisotopic (exact) mass is 460 g/mol. The van der Waals surface area contributed by atoms with E-state index in [1.807, 2.05) is 0 Å². The Morgan fingerprint density at radius 3 is 1.32 bits per heavy atom. The summed E-state index contributed by atoms with van der Waals surface area (Å²) < 4.78 is 31.0. The van der Waals surface area contributed by atoms with Crippen LogP contribution in [0.2, 0.25) is 0 Å². The summed E-state index contributed by atoms with van der Waals surface area (Å²) in [5.74, 6) is -4.25. The minimum Gasteiger partial charge on any atom is -0.462 e. The van der Waals surface area contributed by atoms with Crippen molar-refractivity contribution in [1.29, 1.82) is 0 Å². The number of hydrogen-bond acceptors (Lipinski definition) is 11. The largest absolute Gasteiger partial charge is 0.462 e. The maximum atomic E-state index is 12.5. The van der Waals surface area contributed by atoms with Crippen LogP contribution in [-0.4, -0.2) is 62.5 Å². The lowest BCUT2D eigenvalue weighted by molar-refractivity contribution is -0.148. The number of carbonyl (C=O) groups excluding carboxylic acids is 4. The first kappa shape index (κ1) is 26.5. The number of ether oxygens (including phenoxy) is 6. The molecule has 1 aromatic rings. The van der Waals surface area contributed by atoms with Crippen LogP contribution in [0.3, 0.4) is 0 Å². The van der Waals surface area contributed by atoms with Gasteiger partial charge in [-0.1, -0.05) is 0 Å². The summed E-state index contributed by atoms with van der Waals surface area (Å²) in [6.07, 6.45) is -1.95. The van der Waals surface area contributed by atoms with E-state index in [-0.39, 0.29) is 36.2 Å². The Bertz CT molecular complexity index is 723. The molecule has 0 fully saturated rings. The van der Waals surface area contributed by atoms with Crippen molar-refractivity contribution in [1.82, 2.24) is 0 Å². The highest BCUT2D eigenvalue weighted by Gasteiger charge is 2.35. The van der Waals surface area contributed by atoms with Crippen LogP contribution >= 0.6 is 11.3 Å². The number of hydrogen-bond donors (Lipinski definition) is 0. The molecule has 31 heavy (non-hydrogen) atoms. The predicted octanol–water partition coefficient (Wildman–Crippen LogP) is 2.76. The second kappa shape index (κ2) is 13.0. The molecule has 1 aromatic heterocycles. The maximum absolute atomic E-state index is 12.5. The summed E-state index contributed by atoms with van der Waals surface area (Å²) >= 11 is 0.631. The zero-order chi connectivity index (χ0) is 23.6. The Morgan fingerprint density at radius 2 is 1.03 bits per heavy atom. The minimum atomic E-state index is -0.975. The van der Waals surface area contributed by atoms with Gasteiger partial charge in [0.05, 0.1) is 13.2 Å². The normalized spacial score (nSPS) is 12.6. The van der Waals surface area contributed by atoms with Crippen LogP contribution in [0.15, 0.2) is 0 Å². The van der Waals surface area contributed by atoms with Gasteiger partial charge in [-0.2, -0.15) is 0 Å². The minimum absolute atomic E-state index is 0.0324. The van der Waals surface area contributed by atoms with Crippen molar-refractivity contribution in [3.8, 4) is 11.5 Å². The first-order chi connectivity index (χ1) is 14.7. The van der Waals surface area contributed by atoms with Gasteiger partial charge in [0.1, 0.15) is 0 Å². The molecule has 1 heterocycles. The Balaban J connectivity index is 3.53. The standard InChI is InChI=1S/C20H28O10S/c1-7-25-11(5)17(21)29-13-14(30-18(22)12(6)26-8-2)16(20(24)28-10-4)31-15(13)19(23)27-9-3/h11-12H,7-10H2,1-6H3. The molecule has 0 spiro atoms. The molecule has 0 aliphatic heterocycles. The van der Waals surface area contributed by atoms with Crippen molar-refractivity contribution >= 4 is 35.2 Å². The van der Waals surface area contributed by atoms with E-state index in [2.05, 4.69) is 0 Å². The van der Waals surface area contributed by atoms with Crippen molar-refractivity contribution in [2.45, 2.75) is 53.8 Å². The molecule has 0 N–H and O–H groups in total. The lowest BCUT2D eigenvalue weighted by atomic mass is 10.3. The first-order valence-electron chi connectivity index (χ1n) is 9.89. The number of rotatable bonds is 12. The molecular weight excluding hydrogens is 432 g/mol. The zero-order valence-electron chi connectivity index (χ0n) is 18.5. The van der Waals surface area contributed by atoms with Gasteiger partial charge in [0.2, 0.25) is 0 Å². The van der Waals surface area contributed by atoms with E-state index >= 15 is 0 Å². The first-order valence-corrected chi connectivity index (χ1v) is 10.7. The predicted molar refractivity (Wildman–Crippen MR) is 110 cm³/mol. The summed E-state index contributed by atoms with van der Waals surface area (Å²) in [7, 11) is 0.